The van der Waals surface area contributed by atoms with Crippen LogP contribution >= 0.6 is 0 Å². The summed E-state index contributed by atoms with van der Waals surface area (Å²) in [6.07, 6.45) is 3.42. The predicted molar refractivity (Wildman–Crippen MR) is 89.6 cm³/mol. The lowest BCUT2D eigenvalue weighted by Gasteiger charge is -2.41. The van der Waals surface area contributed by atoms with Crippen molar-refractivity contribution >= 4 is 23.7 Å². The van der Waals surface area contributed by atoms with E-state index in [9.17, 15) is 19.2 Å². The second kappa shape index (κ2) is 5.82. The number of hydrogen-bond acceptors (Lipinski definition) is 5. The van der Waals surface area contributed by atoms with Crippen LogP contribution in [0.1, 0.15) is 19.3 Å². The summed E-state index contributed by atoms with van der Waals surface area (Å²) >= 11 is 0. The number of ether oxygens (including phenoxy) is 1. The first kappa shape index (κ1) is 17.1. The lowest BCUT2D eigenvalue weighted by Crippen LogP contribution is -2.62. The zero-order valence-corrected chi connectivity index (χ0v) is 14.8. The number of fused-ring (bicyclic) bond motifs is 1. The Labute approximate surface area is 151 Å². The molecular formula is C18H23N3O5. The van der Waals surface area contributed by atoms with Gasteiger partial charge in [-0.2, -0.15) is 0 Å². The van der Waals surface area contributed by atoms with Crippen molar-refractivity contribution in [2.24, 2.45) is 11.8 Å². The molecule has 26 heavy (non-hydrogen) atoms. The number of rotatable bonds is 4. The molecule has 0 radical (unpaired) electrons. The van der Waals surface area contributed by atoms with Crippen molar-refractivity contribution in [2.75, 3.05) is 33.3 Å². The van der Waals surface area contributed by atoms with Crippen molar-refractivity contribution in [1.29, 1.82) is 0 Å². The SMILES string of the molecule is C=CC(=O)N1CCN(CC(=O)N2CC3CC3C2C(=O)OC)C(=O)C12CC2. The molecule has 2 aliphatic carbocycles. The highest BCUT2D eigenvalue weighted by atomic mass is 16.5. The molecule has 0 aromatic heterocycles. The smallest absolute Gasteiger partial charge is 0.328 e. The van der Waals surface area contributed by atoms with Gasteiger partial charge >= 0.3 is 5.97 Å². The molecule has 4 fully saturated rings. The highest BCUT2D eigenvalue weighted by Gasteiger charge is 2.61. The van der Waals surface area contributed by atoms with Gasteiger partial charge in [0.1, 0.15) is 11.6 Å². The van der Waals surface area contributed by atoms with E-state index < -0.39 is 11.6 Å². The molecule has 1 spiro atoms. The van der Waals surface area contributed by atoms with E-state index in [0.717, 1.165) is 6.42 Å². The Bertz CT molecular complexity index is 701. The molecule has 2 saturated heterocycles. The number of nitrogens with zero attached hydrogens (tertiary/aromatic N) is 3. The fourth-order valence-corrected chi connectivity index (χ4v) is 4.53. The summed E-state index contributed by atoms with van der Waals surface area (Å²) in [6.45, 7) is 4.71. The minimum Gasteiger partial charge on any atom is -0.467 e. The maximum Gasteiger partial charge on any atom is 0.328 e. The van der Waals surface area contributed by atoms with Crippen molar-refractivity contribution in [1.82, 2.24) is 14.7 Å². The molecule has 2 saturated carbocycles. The van der Waals surface area contributed by atoms with Crippen LogP contribution in [0, 0.1) is 11.8 Å². The number of hydrogen-bond donors (Lipinski definition) is 0. The predicted octanol–water partition coefficient (Wildman–Crippen LogP) is -0.604. The molecule has 0 aromatic carbocycles. The second-order valence-electron chi connectivity index (χ2n) is 7.63. The van der Waals surface area contributed by atoms with Gasteiger partial charge in [0, 0.05) is 19.6 Å². The van der Waals surface area contributed by atoms with E-state index in [2.05, 4.69) is 6.58 Å². The number of methoxy groups -OCH3 is 1. The van der Waals surface area contributed by atoms with Gasteiger partial charge in [0.05, 0.1) is 13.7 Å². The van der Waals surface area contributed by atoms with Crippen molar-refractivity contribution in [2.45, 2.75) is 30.8 Å². The molecule has 8 nitrogen and oxygen atoms in total. The molecule has 0 bridgehead atoms. The van der Waals surface area contributed by atoms with Gasteiger partial charge in [0.2, 0.25) is 17.7 Å². The summed E-state index contributed by atoms with van der Waals surface area (Å²) in [5.74, 6) is -0.456. The fourth-order valence-electron chi connectivity index (χ4n) is 4.53. The van der Waals surface area contributed by atoms with Gasteiger partial charge < -0.3 is 19.4 Å². The van der Waals surface area contributed by atoms with Crippen LogP contribution in [0.2, 0.25) is 0 Å². The number of carbonyl (C=O) groups excluding carboxylic acids is 4. The molecule has 0 N–H and O–H groups in total. The molecule has 2 heterocycles. The number of piperidine rings is 1. The Morgan fingerprint density at radius 3 is 2.65 bits per heavy atom. The van der Waals surface area contributed by atoms with E-state index in [1.165, 1.54) is 18.1 Å². The Morgan fingerprint density at radius 2 is 2.04 bits per heavy atom. The van der Waals surface area contributed by atoms with Crippen LogP contribution in [0.25, 0.3) is 0 Å². The van der Waals surface area contributed by atoms with Gasteiger partial charge in [-0.15, -0.1) is 0 Å². The van der Waals surface area contributed by atoms with Gasteiger partial charge in [-0.3, -0.25) is 14.4 Å². The van der Waals surface area contributed by atoms with E-state index >= 15 is 0 Å². The standard InChI is InChI=1S/C18H23N3O5/c1-3-13(22)21-7-6-19(17(25)18(21)4-5-18)10-14(23)20-9-11-8-12(11)15(20)16(24)26-2/h3,11-12,15H,1,4-10H2,2H3. The maximum atomic E-state index is 12.9. The largest absolute Gasteiger partial charge is 0.467 e. The number of amides is 3. The molecule has 140 valence electrons. The number of esters is 1. The van der Waals surface area contributed by atoms with Crippen LogP contribution < -0.4 is 0 Å². The highest BCUT2D eigenvalue weighted by molar-refractivity contribution is 5.99. The molecule has 0 aromatic rings. The van der Waals surface area contributed by atoms with Gasteiger partial charge in [0.25, 0.3) is 0 Å². The van der Waals surface area contributed by atoms with Crippen molar-refractivity contribution < 1.29 is 23.9 Å². The van der Waals surface area contributed by atoms with Crippen molar-refractivity contribution in [3.05, 3.63) is 12.7 Å². The van der Waals surface area contributed by atoms with E-state index in [-0.39, 0.29) is 36.2 Å². The van der Waals surface area contributed by atoms with Crippen LogP contribution in [0.5, 0.6) is 0 Å². The van der Waals surface area contributed by atoms with Gasteiger partial charge in [-0.05, 0) is 37.2 Å². The van der Waals surface area contributed by atoms with Gasteiger partial charge in [0.15, 0.2) is 0 Å². The molecule has 8 heteroatoms. The third kappa shape index (κ3) is 2.42. The monoisotopic (exact) mass is 361 g/mol. The maximum absolute atomic E-state index is 12.9. The fraction of sp³-hybridized carbons (Fsp3) is 0.667. The Kier molecular flexibility index (Phi) is 3.82. The Balaban J connectivity index is 1.44. The number of piperazine rings is 1. The lowest BCUT2D eigenvalue weighted by molar-refractivity contribution is -0.157. The van der Waals surface area contributed by atoms with Gasteiger partial charge in [-0.1, -0.05) is 6.58 Å². The lowest BCUT2D eigenvalue weighted by atomic mass is 10.1. The second-order valence-corrected chi connectivity index (χ2v) is 7.63. The summed E-state index contributed by atoms with van der Waals surface area (Å²) < 4.78 is 4.85. The normalized spacial score (nSPS) is 30.9. The highest BCUT2D eigenvalue weighted by Crippen LogP contribution is 2.50. The van der Waals surface area contributed by atoms with Crippen molar-refractivity contribution in [3.8, 4) is 0 Å². The molecule has 3 atom stereocenters. The zero-order valence-electron chi connectivity index (χ0n) is 14.8. The third-order valence-corrected chi connectivity index (χ3v) is 6.20. The minimum atomic E-state index is -0.793. The summed E-state index contributed by atoms with van der Waals surface area (Å²) in [4.78, 5) is 54.4. The van der Waals surface area contributed by atoms with Crippen molar-refractivity contribution in [3.63, 3.8) is 0 Å². The Morgan fingerprint density at radius 1 is 1.31 bits per heavy atom. The van der Waals surface area contributed by atoms with Crippen LogP contribution in [0.3, 0.4) is 0 Å². The molecule has 2 aliphatic heterocycles. The van der Waals surface area contributed by atoms with E-state index in [1.807, 2.05) is 0 Å². The molecular weight excluding hydrogens is 338 g/mol. The molecule has 4 rings (SSSR count). The number of likely N-dealkylation sites (tertiary alicyclic amines) is 1. The first-order valence-electron chi connectivity index (χ1n) is 9.03. The first-order chi connectivity index (χ1) is 12.4. The van der Waals surface area contributed by atoms with E-state index in [0.29, 0.717) is 38.4 Å². The van der Waals surface area contributed by atoms with Crippen LogP contribution in [0.4, 0.5) is 0 Å². The molecule has 3 amide bonds. The number of carbonyl (C=O) groups is 4. The average Bonchev–Trinajstić information content (AvgIpc) is 3.56. The van der Waals surface area contributed by atoms with E-state index in [4.69, 9.17) is 4.74 Å². The Hall–Kier alpha value is -2.38. The van der Waals surface area contributed by atoms with Gasteiger partial charge in [-0.25, -0.2) is 4.79 Å². The summed E-state index contributed by atoms with van der Waals surface area (Å²) in [5.41, 5.74) is -0.793. The quantitative estimate of drug-likeness (QED) is 0.493. The minimum absolute atomic E-state index is 0.0519. The summed E-state index contributed by atoms with van der Waals surface area (Å²) in [7, 11) is 1.33. The van der Waals surface area contributed by atoms with Crippen LogP contribution in [-0.2, 0) is 23.9 Å². The summed E-state index contributed by atoms with van der Waals surface area (Å²) in [6, 6.07) is -0.522. The molecule has 3 unspecified atom stereocenters. The third-order valence-electron chi connectivity index (χ3n) is 6.20. The topological polar surface area (TPSA) is 87.2 Å². The molecule has 4 aliphatic rings. The first-order valence-corrected chi connectivity index (χ1v) is 9.03. The van der Waals surface area contributed by atoms with Crippen LogP contribution in [0.15, 0.2) is 12.7 Å². The zero-order chi connectivity index (χ0) is 18.6. The summed E-state index contributed by atoms with van der Waals surface area (Å²) in [5, 5.41) is 0. The van der Waals surface area contributed by atoms with Crippen LogP contribution in [-0.4, -0.2) is 83.3 Å². The van der Waals surface area contributed by atoms with E-state index in [1.54, 1.807) is 9.80 Å². The average molecular weight is 361 g/mol.